The van der Waals surface area contributed by atoms with Gasteiger partial charge in [0.1, 0.15) is 6.10 Å². The lowest BCUT2D eigenvalue weighted by molar-refractivity contribution is -0.141. The standard InChI is InChI=1S/C12H24O3/c1-11(2,3)8(7-13)9(14)10(15)12(4,5)6/h8-9,13-14H,7H2,1-6H3/t8-,9-/m0/s1. The van der Waals surface area contributed by atoms with E-state index in [1.165, 1.54) is 0 Å². The highest BCUT2D eigenvalue weighted by Gasteiger charge is 2.38. The third kappa shape index (κ3) is 3.92. The van der Waals surface area contributed by atoms with Crippen LogP contribution in [-0.4, -0.2) is 28.7 Å². The molecule has 90 valence electrons. The Labute approximate surface area is 92.5 Å². The topological polar surface area (TPSA) is 57.5 Å². The lowest BCUT2D eigenvalue weighted by Gasteiger charge is -2.34. The molecule has 0 radical (unpaired) electrons. The van der Waals surface area contributed by atoms with E-state index in [1.54, 1.807) is 20.8 Å². The number of carbonyl (C=O) groups excluding carboxylic acids is 1. The Morgan fingerprint density at radius 3 is 1.73 bits per heavy atom. The SMILES string of the molecule is CC(C)(C)C(=O)[C@@H](O)[C@H](CO)C(C)(C)C. The second-order valence-corrected chi connectivity index (χ2v) is 6.21. The summed E-state index contributed by atoms with van der Waals surface area (Å²) in [6.45, 7) is 10.9. The average Bonchev–Trinajstić information content (AvgIpc) is 1.99. The van der Waals surface area contributed by atoms with Crippen molar-refractivity contribution in [2.75, 3.05) is 6.61 Å². The maximum Gasteiger partial charge on any atom is 0.166 e. The molecule has 3 nitrogen and oxygen atoms in total. The minimum absolute atomic E-state index is 0.174. The third-order valence-corrected chi connectivity index (χ3v) is 2.70. The smallest absolute Gasteiger partial charge is 0.166 e. The Balaban J connectivity index is 4.83. The summed E-state index contributed by atoms with van der Waals surface area (Å²) in [6, 6.07) is 0. The maximum absolute atomic E-state index is 11.9. The molecule has 0 saturated heterocycles. The van der Waals surface area contributed by atoms with E-state index >= 15 is 0 Å². The molecule has 0 aromatic heterocycles. The van der Waals surface area contributed by atoms with Crippen LogP contribution < -0.4 is 0 Å². The Kier molecular flexibility index (Phi) is 4.49. The fraction of sp³-hybridized carbons (Fsp3) is 0.917. The zero-order chi connectivity index (χ0) is 12.4. The van der Waals surface area contributed by atoms with Gasteiger partial charge in [-0.05, 0) is 5.41 Å². The van der Waals surface area contributed by atoms with Crippen molar-refractivity contribution in [3.8, 4) is 0 Å². The first-order valence-electron chi connectivity index (χ1n) is 5.35. The van der Waals surface area contributed by atoms with Crippen LogP contribution in [0, 0.1) is 16.7 Å². The van der Waals surface area contributed by atoms with Gasteiger partial charge < -0.3 is 10.2 Å². The fourth-order valence-corrected chi connectivity index (χ4v) is 1.47. The summed E-state index contributed by atoms with van der Waals surface area (Å²) in [5, 5.41) is 19.2. The molecule has 0 aromatic rings. The van der Waals surface area contributed by atoms with Crippen molar-refractivity contribution in [1.29, 1.82) is 0 Å². The minimum atomic E-state index is -1.09. The van der Waals surface area contributed by atoms with E-state index in [0.717, 1.165) is 0 Å². The first-order valence-corrected chi connectivity index (χ1v) is 5.35. The van der Waals surface area contributed by atoms with Crippen molar-refractivity contribution in [2.24, 2.45) is 16.7 Å². The molecule has 0 heterocycles. The van der Waals surface area contributed by atoms with Crippen LogP contribution in [0.1, 0.15) is 41.5 Å². The van der Waals surface area contributed by atoms with Crippen molar-refractivity contribution >= 4 is 5.78 Å². The normalized spacial score (nSPS) is 17.3. The molecule has 15 heavy (non-hydrogen) atoms. The molecule has 0 saturated carbocycles. The van der Waals surface area contributed by atoms with E-state index in [-0.39, 0.29) is 17.8 Å². The first kappa shape index (κ1) is 14.6. The molecule has 3 heteroatoms. The monoisotopic (exact) mass is 216 g/mol. The number of carbonyl (C=O) groups is 1. The zero-order valence-electron chi connectivity index (χ0n) is 10.7. The fourth-order valence-electron chi connectivity index (χ4n) is 1.47. The lowest BCUT2D eigenvalue weighted by Crippen LogP contribution is -2.44. The molecular weight excluding hydrogens is 192 g/mol. The highest BCUT2D eigenvalue weighted by Crippen LogP contribution is 2.31. The highest BCUT2D eigenvalue weighted by molar-refractivity contribution is 5.88. The number of Topliss-reactive ketones (excluding diaryl/α,β-unsaturated/α-hetero) is 1. The van der Waals surface area contributed by atoms with Crippen LogP contribution in [-0.2, 0) is 4.79 Å². The molecule has 0 spiro atoms. The average molecular weight is 216 g/mol. The number of hydrogen-bond acceptors (Lipinski definition) is 3. The van der Waals surface area contributed by atoms with E-state index < -0.39 is 17.4 Å². The summed E-state index contributed by atoms with van der Waals surface area (Å²) in [7, 11) is 0. The molecule has 0 aliphatic heterocycles. The molecule has 0 aromatic carbocycles. The number of ketones is 1. The predicted octanol–water partition coefficient (Wildman–Crippen LogP) is 1.62. The molecule has 0 aliphatic rings. The summed E-state index contributed by atoms with van der Waals surface area (Å²) >= 11 is 0. The summed E-state index contributed by atoms with van der Waals surface area (Å²) < 4.78 is 0. The van der Waals surface area contributed by atoms with E-state index in [1.807, 2.05) is 20.8 Å². The van der Waals surface area contributed by atoms with Crippen molar-refractivity contribution < 1.29 is 15.0 Å². The Morgan fingerprint density at radius 1 is 1.13 bits per heavy atom. The molecule has 0 aliphatic carbocycles. The maximum atomic E-state index is 11.9. The van der Waals surface area contributed by atoms with Crippen molar-refractivity contribution in [3.63, 3.8) is 0 Å². The van der Waals surface area contributed by atoms with Crippen molar-refractivity contribution in [2.45, 2.75) is 47.6 Å². The van der Waals surface area contributed by atoms with Crippen LogP contribution in [0.5, 0.6) is 0 Å². The van der Waals surface area contributed by atoms with Gasteiger partial charge in [0.25, 0.3) is 0 Å². The third-order valence-electron chi connectivity index (χ3n) is 2.70. The van der Waals surface area contributed by atoms with Gasteiger partial charge in [0.2, 0.25) is 0 Å². The lowest BCUT2D eigenvalue weighted by atomic mass is 9.73. The van der Waals surface area contributed by atoms with E-state index in [9.17, 15) is 15.0 Å². The minimum Gasteiger partial charge on any atom is -0.396 e. The van der Waals surface area contributed by atoms with Crippen LogP contribution >= 0.6 is 0 Å². The Morgan fingerprint density at radius 2 is 1.53 bits per heavy atom. The number of hydrogen-bond donors (Lipinski definition) is 2. The molecule has 0 fully saturated rings. The summed E-state index contributed by atoms with van der Waals surface area (Å²) in [6.07, 6.45) is -1.09. The molecule has 2 atom stereocenters. The molecule has 0 bridgehead atoms. The van der Waals surface area contributed by atoms with Crippen LogP contribution in [0.4, 0.5) is 0 Å². The predicted molar refractivity (Wildman–Crippen MR) is 60.5 cm³/mol. The van der Waals surface area contributed by atoms with E-state index in [4.69, 9.17) is 0 Å². The van der Waals surface area contributed by atoms with Gasteiger partial charge >= 0.3 is 0 Å². The van der Waals surface area contributed by atoms with Crippen LogP contribution in [0.2, 0.25) is 0 Å². The van der Waals surface area contributed by atoms with Crippen molar-refractivity contribution in [1.82, 2.24) is 0 Å². The van der Waals surface area contributed by atoms with Gasteiger partial charge in [-0.15, -0.1) is 0 Å². The number of aliphatic hydroxyl groups is 2. The molecular formula is C12H24O3. The van der Waals surface area contributed by atoms with Gasteiger partial charge in [0.15, 0.2) is 5.78 Å². The van der Waals surface area contributed by atoms with Crippen LogP contribution in [0.15, 0.2) is 0 Å². The van der Waals surface area contributed by atoms with Gasteiger partial charge in [0, 0.05) is 17.9 Å². The summed E-state index contributed by atoms with van der Waals surface area (Å²) in [5.41, 5.74) is -0.854. The van der Waals surface area contributed by atoms with Crippen LogP contribution in [0.3, 0.4) is 0 Å². The van der Waals surface area contributed by atoms with Gasteiger partial charge in [0.05, 0.1) is 0 Å². The zero-order valence-corrected chi connectivity index (χ0v) is 10.7. The Bertz CT molecular complexity index is 220. The molecule has 0 amide bonds. The number of aliphatic hydroxyl groups excluding tert-OH is 2. The quantitative estimate of drug-likeness (QED) is 0.753. The molecule has 0 rings (SSSR count). The van der Waals surface area contributed by atoms with E-state index in [2.05, 4.69) is 0 Å². The van der Waals surface area contributed by atoms with Crippen LogP contribution in [0.25, 0.3) is 0 Å². The highest BCUT2D eigenvalue weighted by atomic mass is 16.3. The number of rotatable bonds is 3. The van der Waals surface area contributed by atoms with Gasteiger partial charge in [-0.3, -0.25) is 4.79 Å². The largest absolute Gasteiger partial charge is 0.396 e. The Hall–Kier alpha value is -0.410. The summed E-state index contributed by atoms with van der Waals surface area (Å²) in [5.74, 6) is -0.624. The summed E-state index contributed by atoms with van der Waals surface area (Å²) in [4.78, 5) is 11.9. The second kappa shape index (κ2) is 4.62. The molecule has 0 unspecified atom stereocenters. The first-order chi connectivity index (χ1) is 6.51. The van der Waals surface area contributed by atoms with Gasteiger partial charge in [-0.1, -0.05) is 41.5 Å². The van der Waals surface area contributed by atoms with E-state index in [0.29, 0.717) is 0 Å². The second-order valence-electron chi connectivity index (χ2n) is 6.21. The van der Waals surface area contributed by atoms with Crippen molar-refractivity contribution in [3.05, 3.63) is 0 Å². The molecule has 2 N–H and O–H groups in total. The van der Waals surface area contributed by atoms with Gasteiger partial charge in [-0.25, -0.2) is 0 Å². The van der Waals surface area contributed by atoms with Gasteiger partial charge in [-0.2, -0.15) is 0 Å².